The largest absolute Gasteiger partial charge is 0.504 e. The summed E-state index contributed by atoms with van der Waals surface area (Å²) in [5.74, 6) is -0.286. The number of hydrogen-bond donors (Lipinski definition) is 3. The summed E-state index contributed by atoms with van der Waals surface area (Å²) >= 11 is 5.64. The van der Waals surface area contributed by atoms with Crippen LogP contribution in [-0.4, -0.2) is 20.1 Å². The van der Waals surface area contributed by atoms with Gasteiger partial charge in [0.05, 0.1) is 10.7 Å². The van der Waals surface area contributed by atoms with Crippen molar-refractivity contribution in [3.05, 3.63) is 23.2 Å². The van der Waals surface area contributed by atoms with Gasteiger partial charge < -0.3 is 5.11 Å². The Morgan fingerprint density at radius 3 is 2.75 bits per heavy atom. The van der Waals surface area contributed by atoms with Crippen LogP contribution in [0.4, 0.5) is 5.69 Å². The number of hydrogen-bond acceptors (Lipinski definition) is 3. The molecule has 5 nitrogen and oxygen atoms in total. The minimum Gasteiger partial charge on any atom is -0.504 e. The number of benzene rings is 1. The summed E-state index contributed by atoms with van der Waals surface area (Å²) in [6.45, 7) is 2.18. The summed E-state index contributed by atoms with van der Waals surface area (Å²) in [5.41, 5.74) is 0.0519. The maximum atomic E-state index is 11.4. The van der Waals surface area contributed by atoms with Gasteiger partial charge in [-0.15, -0.1) is 0 Å². The molecule has 0 aliphatic rings. The summed E-state index contributed by atoms with van der Waals surface area (Å²) in [6, 6.07) is 4.43. The maximum absolute atomic E-state index is 11.4. The molecule has 0 fully saturated rings. The highest BCUT2D eigenvalue weighted by molar-refractivity contribution is 7.90. The van der Waals surface area contributed by atoms with Gasteiger partial charge in [-0.25, -0.2) is 0 Å². The molecule has 0 aliphatic heterocycles. The summed E-state index contributed by atoms with van der Waals surface area (Å²) in [5, 5.41) is 9.59. The third-order valence-corrected chi connectivity index (χ3v) is 3.15. The van der Waals surface area contributed by atoms with E-state index in [2.05, 4.69) is 9.44 Å². The van der Waals surface area contributed by atoms with E-state index in [0.717, 1.165) is 0 Å². The molecule has 0 spiro atoms. The van der Waals surface area contributed by atoms with Gasteiger partial charge in [0.1, 0.15) is 0 Å². The molecule has 0 aliphatic carbocycles. The van der Waals surface area contributed by atoms with E-state index in [9.17, 15) is 13.5 Å². The fourth-order valence-corrected chi connectivity index (χ4v) is 2.19. The molecule has 0 saturated heterocycles. The van der Waals surface area contributed by atoms with Gasteiger partial charge in [0.15, 0.2) is 5.75 Å². The molecule has 3 N–H and O–H groups in total. The monoisotopic (exact) mass is 264 g/mol. The van der Waals surface area contributed by atoms with Crippen molar-refractivity contribution in [2.24, 2.45) is 0 Å². The van der Waals surface area contributed by atoms with Crippen LogP contribution < -0.4 is 9.44 Å². The van der Waals surface area contributed by atoms with E-state index >= 15 is 0 Å². The van der Waals surface area contributed by atoms with E-state index < -0.39 is 10.2 Å². The average Bonchev–Trinajstić information content (AvgIpc) is 2.22. The molecule has 90 valence electrons. The number of nitrogens with one attached hydrogen (secondary N) is 2. The van der Waals surface area contributed by atoms with Crippen LogP contribution in [0.15, 0.2) is 18.2 Å². The lowest BCUT2D eigenvalue weighted by atomic mass is 10.3. The molecule has 0 bridgehead atoms. The van der Waals surface area contributed by atoms with Crippen LogP contribution in [0.1, 0.15) is 13.3 Å². The van der Waals surface area contributed by atoms with Gasteiger partial charge in [0.2, 0.25) is 0 Å². The molecule has 1 rings (SSSR count). The number of rotatable bonds is 5. The minimum absolute atomic E-state index is 0.0519. The zero-order valence-electron chi connectivity index (χ0n) is 8.70. The Balaban J connectivity index is 2.84. The topological polar surface area (TPSA) is 78.4 Å². The SMILES string of the molecule is CCCNS(=O)(=O)Nc1cccc(Cl)c1O. The van der Waals surface area contributed by atoms with E-state index in [1.165, 1.54) is 12.1 Å². The standard InChI is InChI=1S/C9H13ClN2O3S/c1-2-6-11-16(14,15)12-8-5-3-4-7(10)9(8)13/h3-5,11-13H,2,6H2,1H3. The number of para-hydroxylation sites is 1. The van der Waals surface area contributed by atoms with Crippen LogP contribution in [0.5, 0.6) is 5.75 Å². The Morgan fingerprint density at radius 1 is 1.44 bits per heavy atom. The van der Waals surface area contributed by atoms with Crippen LogP contribution in [0.25, 0.3) is 0 Å². The molecule has 7 heteroatoms. The predicted molar refractivity (Wildman–Crippen MR) is 64.0 cm³/mol. The Kier molecular flexibility index (Phi) is 4.40. The van der Waals surface area contributed by atoms with Crippen molar-refractivity contribution in [1.82, 2.24) is 4.72 Å². The van der Waals surface area contributed by atoms with Gasteiger partial charge in [0.25, 0.3) is 10.2 Å². The number of halogens is 1. The van der Waals surface area contributed by atoms with Gasteiger partial charge in [-0.1, -0.05) is 24.6 Å². The molecule has 1 aromatic rings. The highest BCUT2D eigenvalue weighted by atomic mass is 35.5. The number of aromatic hydroxyl groups is 1. The van der Waals surface area contributed by atoms with Crippen LogP contribution in [0, 0.1) is 0 Å². The van der Waals surface area contributed by atoms with Crippen LogP contribution >= 0.6 is 11.6 Å². The summed E-state index contributed by atoms with van der Waals surface area (Å²) in [7, 11) is -3.65. The average molecular weight is 265 g/mol. The molecule has 0 amide bonds. The first kappa shape index (κ1) is 13.1. The van der Waals surface area contributed by atoms with Crippen molar-refractivity contribution in [2.45, 2.75) is 13.3 Å². The predicted octanol–water partition coefficient (Wildman–Crippen LogP) is 1.70. The summed E-state index contributed by atoms with van der Waals surface area (Å²) in [4.78, 5) is 0. The van der Waals surface area contributed by atoms with Crippen LogP contribution in [0.3, 0.4) is 0 Å². The lowest BCUT2D eigenvalue weighted by Crippen LogP contribution is -2.30. The number of phenolic OH excluding ortho intramolecular Hbond substituents is 1. The first-order valence-electron chi connectivity index (χ1n) is 4.71. The van der Waals surface area contributed by atoms with E-state index in [1.54, 1.807) is 6.07 Å². The lowest BCUT2D eigenvalue weighted by molar-refractivity contribution is 0.478. The highest BCUT2D eigenvalue weighted by Crippen LogP contribution is 2.31. The summed E-state index contributed by atoms with van der Waals surface area (Å²) < 4.78 is 27.4. The molecule has 0 saturated carbocycles. The molecule has 16 heavy (non-hydrogen) atoms. The van der Waals surface area contributed by atoms with E-state index in [1.807, 2.05) is 6.92 Å². The lowest BCUT2D eigenvalue weighted by Gasteiger charge is -2.10. The minimum atomic E-state index is -3.65. The molecule has 0 aromatic heterocycles. The second kappa shape index (κ2) is 5.38. The third-order valence-electron chi connectivity index (χ3n) is 1.77. The van der Waals surface area contributed by atoms with Gasteiger partial charge in [0, 0.05) is 6.54 Å². The van der Waals surface area contributed by atoms with Crippen molar-refractivity contribution in [3.8, 4) is 5.75 Å². The molecule has 0 unspecified atom stereocenters. The molecule has 0 heterocycles. The zero-order chi connectivity index (χ0) is 12.2. The van der Waals surface area contributed by atoms with Crippen molar-refractivity contribution in [2.75, 3.05) is 11.3 Å². The molecule has 0 atom stereocenters. The van der Waals surface area contributed by atoms with E-state index in [0.29, 0.717) is 13.0 Å². The zero-order valence-corrected chi connectivity index (χ0v) is 10.3. The second-order valence-electron chi connectivity index (χ2n) is 3.14. The van der Waals surface area contributed by atoms with Crippen molar-refractivity contribution in [3.63, 3.8) is 0 Å². The number of phenols is 1. The molecule has 1 aromatic carbocycles. The normalized spacial score (nSPS) is 11.4. The Bertz CT molecular complexity index is 462. The first-order valence-corrected chi connectivity index (χ1v) is 6.57. The van der Waals surface area contributed by atoms with Gasteiger partial charge in [-0.3, -0.25) is 4.72 Å². The number of anilines is 1. The second-order valence-corrected chi connectivity index (χ2v) is 5.04. The van der Waals surface area contributed by atoms with Crippen LogP contribution in [0.2, 0.25) is 5.02 Å². The van der Waals surface area contributed by atoms with Crippen molar-refractivity contribution in [1.29, 1.82) is 0 Å². The van der Waals surface area contributed by atoms with Gasteiger partial charge in [-0.2, -0.15) is 13.1 Å². The Morgan fingerprint density at radius 2 is 2.12 bits per heavy atom. The quantitative estimate of drug-likeness (QED) is 0.709. The van der Waals surface area contributed by atoms with Crippen molar-refractivity contribution >= 4 is 27.5 Å². The molecular formula is C9H13ClN2O3S. The van der Waals surface area contributed by atoms with Crippen LogP contribution in [-0.2, 0) is 10.2 Å². The van der Waals surface area contributed by atoms with Gasteiger partial charge in [-0.05, 0) is 18.6 Å². The highest BCUT2D eigenvalue weighted by Gasteiger charge is 2.12. The molecule has 0 radical (unpaired) electrons. The fraction of sp³-hybridized carbons (Fsp3) is 0.333. The van der Waals surface area contributed by atoms with Crippen molar-refractivity contribution < 1.29 is 13.5 Å². The maximum Gasteiger partial charge on any atom is 0.299 e. The first-order chi connectivity index (χ1) is 7.46. The Hall–Kier alpha value is -0.980. The Labute approximate surface area is 99.6 Å². The van der Waals surface area contributed by atoms with E-state index in [-0.39, 0.29) is 16.5 Å². The molecular weight excluding hydrogens is 252 g/mol. The summed E-state index contributed by atoms with van der Waals surface area (Å²) in [6.07, 6.45) is 0.683. The third kappa shape index (κ3) is 3.55. The fourth-order valence-electron chi connectivity index (χ4n) is 1.01. The van der Waals surface area contributed by atoms with E-state index in [4.69, 9.17) is 11.6 Å². The smallest absolute Gasteiger partial charge is 0.299 e. The van der Waals surface area contributed by atoms with Gasteiger partial charge >= 0.3 is 0 Å².